The quantitative estimate of drug-likeness (QED) is 0.892. The number of aryl methyl sites for hydroxylation is 1. The van der Waals surface area contributed by atoms with Crippen LogP contribution in [0.3, 0.4) is 0 Å². The third-order valence-electron chi connectivity index (χ3n) is 3.16. The molecule has 0 spiro atoms. The van der Waals surface area contributed by atoms with E-state index in [-0.39, 0.29) is 11.5 Å². The third kappa shape index (κ3) is 2.73. The number of nitrogens with zero attached hydrogens (tertiary/aromatic N) is 1. The van der Waals surface area contributed by atoms with Crippen molar-refractivity contribution in [2.45, 2.75) is 20.0 Å². The van der Waals surface area contributed by atoms with Crippen molar-refractivity contribution in [3.63, 3.8) is 0 Å². The summed E-state index contributed by atoms with van der Waals surface area (Å²) in [4.78, 5) is 0. The van der Waals surface area contributed by atoms with E-state index in [0.717, 1.165) is 16.5 Å². The molecule has 1 heterocycles. The zero-order chi connectivity index (χ0) is 13.2. The standard InChI is InChI=1S/C13H18N2O2S/c1-2-18(16,17)8-7-15-6-5-12-4-3-11(10-14)9-13(12)15/h3-6,9H,2,7-8,10,14H2,1H3. The smallest absolute Gasteiger partial charge is 0.151 e. The van der Waals surface area contributed by atoms with Gasteiger partial charge in [0.25, 0.3) is 0 Å². The molecule has 1 aromatic carbocycles. The minimum absolute atomic E-state index is 0.181. The Labute approximate surface area is 107 Å². The Morgan fingerprint density at radius 1 is 1.28 bits per heavy atom. The van der Waals surface area contributed by atoms with Gasteiger partial charge in [-0.1, -0.05) is 19.1 Å². The van der Waals surface area contributed by atoms with Gasteiger partial charge in [-0.15, -0.1) is 0 Å². The van der Waals surface area contributed by atoms with E-state index in [1.54, 1.807) is 6.92 Å². The lowest BCUT2D eigenvalue weighted by Crippen LogP contribution is -2.14. The third-order valence-corrected chi connectivity index (χ3v) is 4.84. The van der Waals surface area contributed by atoms with Gasteiger partial charge in [-0.05, 0) is 23.1 Å². The predicted molar refractivity (Wildman–Crippen MR) is 74.2 cm³/mol. The number of hydrogen-bond donors (Lipinski definition) is 1. The summed E-state index contributed by atoms with van der Waals surface area (Å²) in [7, 11) is -2.93. The fourth-order valence-corrected chi connectivity index (χ4v) is 2.70. The van der Waals surface area contributed by atoms with Crippen molar-refractivity contribution in [1.82, 2.24) is 4.57 Å². The van der Waals surface area contributed by atoms with Gasteiger partial charge in [-0.3, -0.25) is 0 Å². The second-order valence-corrected chi connectivity index (χ2v) is 6.82. The first kappa shape index (κ1) is 13.1. The van der Waals surface area contributed by atoms with Gasteiger partial charge in [0.1, 0.15) is 0 Å². The number of hydrogen-bond acceptors (Lipinski definition) is 3. The molecule has 0 unspecified atom stereocenters. The molecule has 0 aliphatic rings. The molecule has 4 nitrogen and oxygen atoms in total. The summed E-state index contributed by atoms with van der Waals surface area (Å²) in [6, 6.07) is 8.03. The highest BCUT2D eigenvalue weighted by Crippen LogP contribution is 2.17. The van der Waals surface area contributed by atoms with Gasteiger partial charge in [0.15, 0.2) is 9.84 Å². The van der Waals surface area contributed by atoms with Crippen molar-refractivity contribution in [2.24, 2.45) is 5.73 Å². The molecule has 98 valence electrons. The molecule has 0 radical (unpaired) electrons. The van der Waals surface area contributed by atoms with Gasteiger partial charge in [0.05, 0.1) is 5.75 Å². The summed E-state index contributed by atoms with van der Waals surface area (Å²) >= 11 is 0. The normalized spacial score (nSPS) is 12.1. The van der Waals surface area contributed by atoms with Crippen LogP contribution in [0.4, 0.5) is 0 Å². The Morgan fingerprint density at radius 2 is 2.06 bits per heavy atom. The second kappa shape index (κ2) is 5.12. The molecule has 5 heteroatoms. The van der Waals surface area contributed by atoms with Gasteiger partial charge in [0, 0.05) is 30.6 Å². The monoisotopic (exact) mass is 266 g/mol. The zero-order valence-corrected chi connectivity index (χ0v) is 11.3. The van der Waals surface area contributed by atoms with Crippen LogP contribution >= 0.6 is 0 Å². The number of benzene rings is 1. The van der Waals surface area contributed by atoms with Crippen molar-refractivity contribution >= 4 is 20.7 Å². The Balaban J connectivity index is 2.28. The number of nitrogens with two attached hydrogens (primary N) is 1. The topological polar surface area (TPSA) is 65.1 Å². The SMILES string of the molecule is CCS(=O)(=O)CCn1ccc2ccc(CN)cc21. The van der Waals surface area contributed by atoms with Crippen molar-refractivity contribution in [3.8, 4) is 0 Å². The highest BCUT2D eigenvalue weighted by atomic mass is 32.2. The predicted octanol–water partition coefficient (Wildman–Crippen LogP) is 1.53. The lowest BCUT2D eigenvalue weighted by Gasteiger charge is -2.06. The summed E-state index contributed by atoms with van der Waals surface area (Å²) in [6.07, 6.45) is 1.93. The maximum absolute atomic E-state index is 11.5. The highest BCUT2D eigenvalue weighted by molar-refractivity contribution is 7.91. The van der Waals surface area contributed by atoms with Crippen molar-refractivity contribution in [1.29, 1.82) is 0 Å². The van der Waals surface area contributed by atoms with E-state index in [0.29, 0.717) is 13.1 Å². The van der Waals surface area contributed by atoms with Crippen molar-refractivity contribution in [2.75, 3.05) is 11.5 Å². The summed E-state index contributed by atoms with van der Waals surface area (Å²) in [5.41, 5.74) is 7.72. The van der Waals surface area contributed by atoms with E-state index < -0.39 is 9.84 Å². The van der Waals surface area contributed by atoms with E-state index in [1.807, 2.05) is 35.0 Å². The van der Waals surface area contributed by atoms with Crippen LogP contribution in [0.1, 0.15) is 12.5 Å². The first-order chi connectivity index (χ1) is 8.55. The number of sulfone groups is 1. The van der Waals surface area contributed by atoms with Gasteiger partial charge < -0.3 is 10.3 Å². The first-order valence-corrected chi connectivity index (χ1v) is 7.86. The van der Waals surface area contributed by atoms with Gasteiger partial charge in [-0.25, -0.2) is 8.42 Å². The molecule has 18 heavy (non-hydrogen) atoms. The maximum Gasteiger partial charge on any atom is 0.151 e. The Kier molecular flexibility index (Phi) is 3.73. The fraction of sp³-hybridized carbons (Fsp3) is 0.385. The summed E-state index contributed by atoms with van der Waals surface area (Å²) in [5, 5.41) is 1.11. The van der Waals surface area contributed by atoms with Crippen LogP contribution in [-0.2, 0) is 22.9 Å². The average molecular weight is 266 g/mol. The van der Waals surface area contributed by atoms with Crippen LogP contribution in [0.15, 0.2) is 30.5 Å². The Morgan fingerprint density at radius 3 is 2.72 bits per heavy atom. The molecular weight excluding hydrogens is 248 g/mol. The van der Waals surface area contributed by atoms with Crippen LogP contribution in [-0.4, -0.2) is 24.5 Å². The van der Waals surface area contributed by atoms with E-state index in [4.69, 9.17) is 5.73 Å². The maximum atomic E-state index is 11.5. The minimum Gasteiger partial charge on any atom is -0.346 e. The van der Waals surface area contributed by atoms with E-state index in [2.05, 4.69) is 0 Å². The first-order valence-electron chi connectivity index (χ1n) is 6.04. The number of fused-ring (bicyclic) bond motifs is 1. The summed E-state index contributed by atoms with van der Waals surface area (Å²) in [5.74, 6) is 0.375. The van der Waals surface area contributed by atoms with Gasteiger partial charge in [-0.2, -0.15) is 0 Å². The van der Waals surface area contributed by atoms with E-state index >= 15 is 0 Å². The molecule has 0 fully saturated rings. The van der Waals surface area contributed by atoms with Crippen molar-refractivity contribution < 1.29 is 8.42 Å². The fourth-order valence-electron chi connectivity index (χ4n) is 1.93. The highest BCUT2D eigenvalue weighted by Gasteiger charge is 2.09. The molecule has 0 bridgehead atoms. The second-order valence-electron chi connectivity index (χ2n) is 4.34. The molecule has 2 rings (SSSR count). The van der Waals surface area contributed by atoms with Gasteiger partial charge in [0.2, 0.25) is 0 Å². The molecule has 1 aromatic heterocycles. The molecule has 0 saturated carbocycles. The molecule has 0 atom stereocenters. The molecule has 0 saturated heterocycles. The van der Waals surface area contributed by atoms with Gasteiger partial charge >= 0.3 is 0 Å². The summed E-state index contributed by atoms with van der Waals surface area (Å²) < 4.78 is 25.0. The van der Waals surface area contributed by atoms with Crippen molar-refractivity contribution in [3.05, 3.63) is 36.0 Å². The van der Waals surface area contributed by atoms with Crippen LogP contribution < -0.4 is 5.73 Å². The summed E-state index contributed by atoms with van der Waals surface area (Å²) in [6.45, 7) is 2.66. The van der Waals surface area contributed by atoms with E-state index in [1.165, 1.54) is 0 Å². The zero-order valence-electron chi connectivity index (χ0n) is 10.5. The van der Waals surface area contributed by atoms with E-state index in [9.17, 15) is 8.42 Å². The minimum atomic E-state index is -2.93. The van der Waals surface area contributed by atoms with Crippen LogP contribution in [0, 0.1) is 0 Å². The van der Waals surface area contributed by atoms with Crippen LogP contribution in [0.5, 0.6) is 0 Å². The lowest BCUT2D eigenvalue weighted by atomic mass is 10.2. The molecule has 0 aliphatic carbocycles. The van der Waals surface area contributed by atoms with Crippen LogP contribution in [0.25, 0.3) is 10.9 Å². The number of aromatic nitrogens is 1. The molecular formula is C13H18N2O2S. The Hall–Kier alpha value is -1.33. The molecule has 0 amide bonds. The Bertz CT molecular complexity index is 644. The number of rotatable bonds is 5. The lowest BCUT2D eigenvalue weighted by molar-refractivity contribution is 0.591. The average Bonchev–Trinajstić information content (AvgIpc) is 2.78. The largest absolute Gasteiger partial charge is 0.346 e. The molecule has 2 aromatic rings. The van der Waals surface area contributed by atoms with Crippen LogP contribution in [0.2, 0.25) is 0 Å². The molecule has 2 N–H and O–H groups in total. The molecule has 0 aliphatic heterocycles.